The SMILES string of the molecule is Cc1cc(Cl)ccc1Oc1c(F)cc(C(=N)N)cc1F. The summed E-state index contributed by atoms with van der Waals surface area (Å²) in [4.78, 5) is 0. The largest absolute Gasteiger partial charge is 0.451 e. The summed E-state index contributed by atoms with van der Waals surface area (Å²) in [5.74, 6) is -2.52. The standard InChI is InChI=1S/C14H11ClF2N2O/c1-7-4-9(15)2-3-12(7)20-13-10(16)5-8(14(18)19)6-11(13)17/h2-6H,1H3,(H3,18,19). The van der Waals surface area contributed by atoms with Crippen molar-refractivity contribution >= 4 is 17.4 Å². The lowest BCUT2D eigenvalue weighted by atomic mass is 10.2. The van der Waals surface area contributed by atoms with E-state index in [4.69, 9.17) is 27.5 Å². The Balaban J connectivity index is 2.41. The number of nitrogen functional groups attached to an aromatic ring is 1. The predicted octanol–water partition coefficient (Wildman–Crippen LogP) is 4.00. The van der Waals surface area contributed by atoms with Gasteiger partial charge < -0.3 is 10.5 Å². The van der Waals surface area contributed by atoms with Crippen molar-refractivity contribution in [3.8, 4) is 11.5 Å². The molecule has 3 nitrogen and oxygen atoms in total. The van der Waals surface area contributed by atoms with E-state index < -0.39 is 23.2 Å². The number of amidine groups is 1. The van der Waals surface area contributed by atoms with Gasteiger partial charge in [-0.25, -0.2) is 8.78 Å². The number of nitrogens with one attached hydrogen (secondary N) is 1. The van der Waals surface area contributed by atoms with Gasteiger partial charge in [-0.3, -0.25) is 5.41 Å². The summed E-state index contributed by atoms with van der Waals surface area (Å²) < 4.78 is 32.9. The van der Waals surface area contributed by atoms with Crippen LogP contribution in [-0.4, -0.2) is 5.84 Å². The second kappa shape index (κ2) is 5.46. The molecule has 2 aromatic rings. The van der Waals surface area contributed by atoms with Crippen molar-refractivity contribution in [1.82, 2.24) is 0 Å². The highest BCUT2D eigenvalue weighted by Gasteiger charge is 2.15. The van der Waals surface area contributed by atoms with Crippen molar-refractivity contribution in [2.45, 2.75) is 6.92 Å². The first-order chi connectivity index (χ1) is 9.38. The number of ether oxygens (including phenoxy) is 1. The van der Waals surface area contributed by atoms with Gasteiger partial charge in [-0.05, 0) is 42.8 Å². The molecule has 6 heteroatoms. The Morgan fingerprint density at radius 2 is 1.80 bits per heavy atom. The first-order valence-corrected chi connectivity index (χ1v) is 6.03. The first-order valence-electron chi connectivity index (χ1n) is 5.66. The molecule has 0 aromatic heterocycles. The molecule has 0 unspecified atom stereocenters. The maximum atomic E-state index is 13.8. The van der Waals surface area contributed by atoms with Gasteiger partial charge in [-0.1, -0.05) is 11.6 Å². The van der Waals surface area contributed by atoms with E-state index in [1.807, 2.05) is 0 Å². The van der Waals surface area contributed by atoms with E-state index >= 15 is 0 Å². The molecule has 0 spiro atoms. The molecule has 0 saturated heterocycles. The third-order valence-electron chi connectivity index (χ3n) is 2.66. The van der Waals surface area contributed by atoms with Crippen LogP contribution < -0.4 is 10.5 Å². The molecule has 0 aliphatic heterocycles. The molecule has 0 bridgehead atoms. The van der Waals surface area contributed by atoms with Crippen molar-refractivity contribution in [2.75, 3.05) is 0 Å². The van der Waals surface area contributed by atoms with Crippen LogP contribution in [0.1, 0.15) is 11.1 Å². The molecule has 2 aromatic carbocycles. The lowest BCUT2D eigenvalue weighted by Gasteiger charge is -2.11. The van der Waals surface area contributed by atoms with E-state index in [1.54, 1.807) is 19.1 Å². The lowest BCUT2D eigenvalue weighted by Crippen LogP contribution is -2.12. The summed E-state index contributed by atoms with van der Waals surface area (Å²) in [6.45, 7) is 1.71. The van der Waals surface area contributed by atoms with Gasteiger partial charge in [0.25, 0.3) is 0 Å². The molecule has 2 rings (SSSR count). The van der Waals surface area contributed by atoms with Gasteiger partial charge >= 0.3 is 0 Å². The number of aryl methyl sites for hydroxylation is 1. The minimum absolute atomic E-state index is 0.0415. The Hall–Kier alpha value is -2.14. The number of benzene rings is 2. The van der Waals surface area contributed by atoms with E-state index in [-0.39, 0.29) is 5.56 Å². The molecule has 20 heavy (non-hydrogen) atoms. The van der Waals surface area contributed by atoms with Crippen LogP contribution in [-0.2, 0) is 0 Å². The second-order valence-corrected chi connectivity index (χ2v) is 4.63. The highest BCUT2D eigenvalue weighted by molar-refractivity contribution is 6.30. The Bertz CT molecular complexity index is 666. The smallest absolute Gasteiger partial charge is 0.198 e. The third kappa shape index (κ3) is 2.88. The summed E-state index contributed by atoms with van der Waals surface area (Å²) in [5, 5.41) is 7.67. The number of nitrogens with two attached hydrogens (primary N) is 1. The molecule has 0 atom stereocenters. The molecule has 0 amide bonds. The monoisotopic (exact) mass is 296 g/mol. The van der Waals surface area contributed by atoms with E-state index in [1.165, 1.54) is 6.07 Å². The normalized spacial score (nSPS) is 10.4. The highest BCUT2D eigenvalue weighted by Crippen LogP contribution is 2.31. The van der Waals surface area contributed by atoms with Crippen LogP contribution in [0.2, 0.25) is 5.02 Å². The zero-order valence-corrected chi connectivity index (χ0v) is 11.3. The van der Waals surface area contributed by atoms with E-state index in [9.17, 15) is 8.78 Å². The van der Waals surface area contributed by atoms with Gasteiger partial charge in [0, 0.05) is 10.6 Å². The predicted molar refractivity (Wildman–Crippen MR) is 73.6 cm³/mol. The van der Waals surface area contributed by atoms with Crippen LogP contribution in [0, 0.1) is 24.0 Å². The van der Waals surface area contributed by atoms with Crippen LogP contribution in [0.3, 0.4) is 0 Å². The molecule has 0 aliphatic rings. The molecule has 0 fully saturated rings. The Kier molecular flexibility index (Phi) is 3.90. The van der Waals surface area contributed by atoms with Crippen molar-refractivity contribution in [3.05, 3.63) is 58.1 Å². The van der Waals surface area contributed by atoms with Gasteiger partial charge in [0.05, 0.1) is 0 Å². The fourth-order valence-corrected chi connectivity index (χ4v) is 1.88. The molecular weight excluding hydrogens is 286 g/mol. The zero-order chi connectivity index (χ0) is 14.9. The quantitative estimate of drug-likeness (QED) is 0.664. The number of halogens is 3. The van der Waals surface area contributed by atoms with Crippen LogP contribution in [0.4, 0.5) is 8.78 Å². The van der Waals surface area contributed by atoms with E-state index in [0.29, 0.717) is 16.3 Å². The maximum Gasteiger partial charge on any atom is 0.198 e. The number of rotatable bonds is 3. The minimum Gasteiger partial charge on any atom is -0.451 e. The molecular formula is C14H11ClF2N2O. The van der Waals surface area contributed by atoms with Crippen LogP contribution in [0.5, 0.6) is 11.5 Å². The molecule has 0 radical (unpaired) electrons. The van der Waals surface area contributed by atoms with Gasteiger partial charge in [-0.15, -0.1) is 0 Å². The molecule has 0 heterocycles. The van der Waals surface area contributed by atoms with Crippen molar-refractivity contribution in [2.24, 2.45) is 5.73 Å². The minimum atomic E-state index is -0.926. The zero-order valence-electron chi connectivity index (χ0n) is 10.5. The Morgan fingerprint density at radius 3 is 2.30 bits per heavy atom. The Labute approximate surface area is 119 Å². The number of hydrogen-bond donors (Lipinski definition) is 2. The molecule has 0 aliphatic carbocycles. The summed E-state index contributed by atoms with van der Waals surface area (Å²) in [6, 6.07) is 6.60. The second-order valence-electron chi connectivity index (χ2n) is 4.19. The summed E-state index contributed by atoms with van der Waals surface area (Å²) in [6.07, 6.45) is 0. The fourth-order valence-electron chi connectivity index (χ4n) is 1.65. The third-order valence-corrected chi connectivity index (χ3v) is 2.89. The average Bonchev–Trinajstić information content (AvgIpc) is 2.35. The van der Waals surface area contributed by atoms with Gasteiger partial charge in [-0.2, -0.15) is 0 Å². The van der Waals surface area contributed by atoms with Crippen molar-refractivity contribution in [3.63, 3.8) is 0 Å². The molecule has 3 N–H and O–H groups in total. The molecule has 104 valence electrons. The lowest BCUT2D eigenvalue weighted by molar-refractivity contribution is 0.405. The summed E-state index contributed by atoms with van der Waals surface area (Å²) >= 11 is 5.80. The topological polar surface area (TPSA) is 59.1 Å². The maximum absolute atomic E-state index is 13.8. The van der Waals surface area contributed by atoms with Crippen LogP contribution >= 0.6 is 11.6 Å². The van der Waals surface area contributed by atoms with Gasteiger partial charge in [0.1, 0.15) is 11.6 Å². The van der Waals surface area contributed by atoms with E-state index in [2.05, 4.69) is 0 Å². The van der Waals surface area contributed by atoms with Gasteiger partial charge in [0.15, 0.2) is 17.4 Å². The first kappa shape index (κ1) is 14.3. The Morgan fingerprint density at radius 1 is 1.20 bits per heavy atom. The van der Waals surface area contributed by atoms with Crippen LogP contribution in [0.15, 0.2) is 30.3 Å². The average molecular weight is 297 g/mol. The van der Waals surface area contributed by atoms with Crippen LogP contribution in [0.25, 0.3) is 0 Å². The summed E-state index contributed by atoms with van der Waals surface area (Å²) in [7, 11) is 0. The van der Waals surface area contributed by atoms with E-state index in [0.717, 1.165) is 12.1 Å². The molecule has 0 saturated carbocycles. The fraction of sp³-hybridized carbons (Fsp3) is 0.0714. The van der Waals surface area contributed by atoms with Crippen molar-refractivity contribution in [1.29, 1.82) is 5.41 Å². The highest BCUT2D eigenvalue weighted by atomic mass is 35.5. The van der Waals surface area contributed by atoms with Crippen molar-refractivity contribution < 1.29 is 13.5 Å². The number of hydrogen-bond acceptors (Lipinski definition) is 2. The summed E-state index contributed by atoms with van der Waals surface area (Å²) in [5.41, 5.74) is 5.79. The van der Waals surface area contributed by atoms with Gasteiger partial charge in [0.2, 0.25) is 0 Å².